The largest absolute Gasteiger partial charge is 0.314 e. The molecule has 0 spiro atoms. The van der Waals surface area contributed by atoms with Gasteiger partial charge >= 0.3 is 0 Å². The summed E-state index contributed by atoms with van der Waals surface area (Å²) in [6.07, 6.45) is 2.37. The summed E-state index contributed by atoms with van der Waals surface area (Å²) in [5, 5.41) is 3.39. The van der Waals surface area contributed by atoms with Crippen molar-refractivity contribution in [3.8, 4) is 0 Å². The maximum Gasteiger partial charge on any atom is 0.00701 e. The van der Waals surface area contributed by atoms with E-state index in [1.807, 2.05) is 0 Å². The van der Waals surface area contributed by atoms with Crippen molar-refractivity contribution in [1.29, 1.82) is 0 Å². The van der Waals surface area contributed by atoms with Crippen molar-refractivity contribution in [2.45, 2.75) is 25.8 Å². The van der Waals surface area contributed by atoms with Crippen molar-refractivity contribution in [2.24, 2.45) is 5.92 Å². The zero-order valence-corrected chi connectivity index (χ0v) is 5.48. The summed E-state index contributed by atoms with van der Waals surface area (Å²) in [5.74, 6) is 0.877. The summed E-state index contributed by atoms with van der Waals surface area (Å²) < 4.78 is 0. The molecule has 1 radical (unpaired) electrons. The van der Waals surface area contributed by atoms with Crippen molar-refractivity contribution >= 4 is 0 Å². The molecule has 0 amide bonds. The first-order chi connectivity index (χ1) is 3.83. The van der Waals surface area contributed by atoms with Gasteiger partial charge in [-0.2, -0.15) is 0 Å². The Kier molecular flexibility index (Phi) is 1.90. The Morgan fingerprint density at radius 3 is 2.75 bits per heavy atom. The van der Waals surface area contributed by atoms with Gasteiger partial charge in [-0.25, -0.2) is 0 Å². The van der Waals surface area contributed by atoms with Crippen LogP contribution in [-0.2, 0) is 0 Å². The van der Waals surface area contributed by atoms with Gasteiger partial charge in [-0.15, -0.1) is 0 Å². The molecule has 1 aliphatic heterocycles. The third-order valence-corrected chi connectivity index (χ3v) is 1.79. The average Bonchev–Trinajstić information content (AvgIpc) is 2.14. The summed E-state index contributed by atoms with van der Waals surface area (Å²) in [6, 6.07) is 0.713. The monoisotopic (exact) mass is 112 g/mol. The topological polar surface area (TPSA) is 12.0 Å². The Morgan fingerprint density at radius 2 is 2.50 bits per heavy atom. The van der Waals surface area contributed by atoms with Gasteiger partial charge in [0, 0.05) is 6.04 Å². The Hall–Kier alpha value is -0.0400. The fraction of sp³-hybridized carbons (Fsp3) is 0.857. The van der Waals surface area contributed by atoms with Crippen LogP contribution in [0.25, 0.3) is 0 Å². The van der Waals surface area contributed by atoms with Crippen molar-refractivity contribution in [1.82, 2.24) is 5.32 Å². The molecule has 0 aliphatic carbocycles. The first kappa shape index (κ1) is 6.09. The first-order valence-electron chi connectivity index (χ1n) is 3.35. The van der Waals surface area contributed by atoms with Crippen LogP contribution in [0.3, 0.4) is 0 Å². The summed E-state index contributed by atoms with van der Waals surface area (Å²) in [6.45, 7) is 7.31. The fourth-order valence-corrected chi connectivity index (χ4v) is 1.24. The van der Waals surface area contributed by atoms with E-state index in [0.717, 1.165) is 12.3 Å². The lowest BCUT2D eigenvalue weighted by Crippen LogP contribution is -2.19. The fourth-order valence-electron chi connectivity index (χ4n) is 1.24. The molecule has 1 N–H and O–H groups in total. The van der Waals surface area contributed by atoms with Crippen molar-refractivity contribution < 1.29 is 0 Å². The molecule has 1 aliphatic rings. The molecule has 1 fully saturated rings. The number of nitrogens with one attached hydrogen (secondary N) is 1. The second-order valence-corrected chi connectivity index (χ2v) is 2.73. The molecule has 1 heteroatoms. The Labute approximate surface area is 51.5 Å². The molecule has 2 unspecified atom stereocenters. The van der Waals surface area contributed by atoms with Crippen LogP contribution < -0.4 is 5.32 Å². The van der Waals surface area contributed by atoms with E-state index < -0.39 is 0 Å². The molecule has 1 rings (SSSR count). The number of rotatable bonds is 1. The summed E-state index contributed by atoms with van der Waals surface area (Å²) in [7, 11) is 0. The van der Waals surface area contributed by atoms with Crippen LogP contribution >= 0.6 is 0 Å². The van der Waals surface area contributed by atoms with E-state index in [9.17, 15) is 0 Å². The Bertz CT molecular complexity index is 70.8. The predicted octanol–water partition coefficient (Wildman–Crippen LogP) is 1.21. The lowest BCUT2D eigenvalue weighted by Gasteiger charge is -2.02. The van der Waals surface area contributed by atoms with Crippen LogP contribution in [0.1, 0.15) is 19.8 Å². The van der Waals surface area contributed by atoms with Gasteiger partial charge in [0.25, 0.3) is 0 Å². The highest BCUT2D eigenvalue weighted by atomic mass is 14.9. The van der Waals surface area contributed by atoms with E-state index in [0.29, 0.717) is 6.04 Å². The summed E-state index contributed by atoms with van der Waals surface area (Å²) in [4.78, 5) is 0. The highest BCUT2D eigenvalue weighted by Crippen LogP contribution is 2.13. The third-order valence-electron chi connectivity index (χ3n) is 1.79. The van der Waals surface area contributed by atoms with Gasteiger partial charge in [0.15, 0.2) is 0 Å². The average molecular weight is 112 g/mol. The molecule has 1 saturated heterocycles. The van der Waals surface area contributed by atoms with Crippen molar-refractivity contribution in [2.75, 3.05) is 6.54 Å². The van der Waals surface area contributed by atoms with E-state index in [2.05, 4.69) is 19.2 Å². The minimum atomic E-state index is 0.713. The molecule has 8 heavy (non-hydrogen) atoms. The van der Waals surface area contributed by atoms with Crippen LogP contribution in [0.4, 0.5) is 0 Å². The maximum absolute atomic E-state index is 3.84. The van der Waals surface area contributed by atoms with Crippen molar-refractivity contribution in [3.05, 3.63) is 6.92 Å². The smallest absolute Gasteiger partial charge is 0.00701 e. The van der Waals surface area contributed by atoms with Gasteiger partial charge in [0.05, 0.1) is 0 Å². The van der Waals surface area contributed by atoms with Crippen LogP contribution in [0.5, 0.6) is 0 Å². The van der Waals surface area contributed by atoms with Gasteiger partial charge in [0.2, 0.25) is 0 Å². The first-order valence-corrected chi connectivity index (χ1v) is 3.35. The predicted molar refractivity (Wildman–Crippen MR) is 35.5 cm³/mol. The molecule has 1 heterocycles. The maximum atomic E-state index is 3.84. The molecule has 2 atom stereocenters. The van der Waals surface area contributed by atoms with Crippen LogP contribution in [0.2, 0.25) is 0 Å². The Morgan fingerprint density at radius 1 is 1.75 bits per heavy atom. The van der Waals surface area contributed by atoms with E-state index in [4.69, 9.17) is 0 Å². The SMILES string of the molecule is [CH2]CC1CC(C)CN1. The van der Waals surface area contributed by atoms with Gasteiger partial charge in [-0.05, 0) is 25.3 Å². The van der Waals surface area contributed by atoms with Gasteiger partial charge in [0.1, 0.15) is 0 Å². The van der Waals surface area contributed by atoms with E-state index >= 15 is 0 Å². The van der Waals surface area contributed by atoms with Crippen LogP contribution in [0.15, 0.2) is 0 Å². The highest BCUT2D eigenvalue weighted by molar-refractivity contribution is 4.79. The van der Waals surface area contributed by atoms with Gasteiger partial charge < -0.3 is 5.32 Å². The lowest BCUT2D eigenvalue weighted by molar-refractivity contribution is 0.588. The van der Waals surface area contributed by atoms with Crippen LogP contribution in [-0.4, -0.2) is 12.6 Å². The van der Waals surface area contributed by atoms with E-state index in [1.54, 1.807) is 0 Å². The molecule has 0 bridgehead atoms. The molecule has 0 aromatic rings. The normalized spacial score (nSPS) is 38.2. The molecule has 0 aromatic carbocycles. The summed E-state index contributed by atoms with van der Waals surface area (Å²) in [5.41, 5.74) is 0. The molecule has 0 aromatic heterocycles. The third kappa shape index (κ3) is 1.22. The lowest BCUT2D eigenvalue weighted by atomic mass is 10.1. The zero-order valence-electron chi connectivity index (χ0n) is 5.48. The summed E-state index contributed by atoms with van der Waals surface area (Å²) >= 11 is 0. The zero-order chi connectivity index (χ0) is 5.98. The highest BCUT2D eigenvalue weighted by Gasteiger charge is 2.17. The van der Waals surface area contributed by atoms with E-state index in [-0.39, 0.29) is 0 Å². The van der Waals surface area contributed by atoms with Crippen molar-refractivity contribution in [3.63, 3.8) is 0 Å². The van der Waals surface area contributed by atoms with Gasteiger partial charge in [-0.3, -0.25) is 0 Å². The molecule has 1 nitrogen and oxygen atoms in total. The molecule has 47 valence electrons. The van der Waals surface area contributed by atoms with Gasteiger partial charge in [-0.1, -0.05) is 13.8 Å². The quantitative estimate of drug-likeness (QED) is 0.537. The number of hydrogen-bond donors (Lipinski definition) is 1. The minimum Gasteiger partial charge on any atom is -0.314 e. The van der Waals surface area contributed by atoms with Crippen LogP contribution in [0, 0.1) is 12.8 Å². The van der Waals surface area contributed by atoms with E-state index in [1.165, 1.54) is 13.0 Å². The minimum absolute atomic E-state index is 0.713. The molecule has 0 saturated carbocycles. The second kappa shape index (κ2) is 2.49. The molecular weight excluding hydrogens is 98.1 g/mol. The Balaban J connectivity index is 2.22. The number of hydrogen-bond acceptors (Lipinski definition) is 1. The standard InChI is InChI=1S/C7H14N/c1-3-7-4-6(2)5-8-7/h6-8H,1,3-5H2,2H3. The molecular formula is C7H14N. The second-order valence-electron chi connectivity index (χ2n) is 2.73.